The molecule has 1 heterocycles. The number of nitrogens with one attached hydrogen (secondary N) is 1. The minimum absolute atomic E-state index is 0.195. The fraction of sp³-hybridized carbons (Fsp3) is 0.286. The van der Waals surface area contributed by atoms with Crippen molar-refractivity contribution in [1.29, 1.82) is 0 Å². The highest BCUT2D eigenvalue weighted by atomic mass is 16.6. The van der Waals surface area contributed by atoms with E-state index < -0.39 is 18.5 Å². The number of rotatable bonds is 6. The first kappa shape index (κ1) is 19.4. The van der Waals surface area contributed by atoms with Crippen LogP contribution < -0.4 is 10.1 Å². The summed E-state index contributed by atoms with van der Waals surface area (Å²) in [5.41, 5.74) is 0.516. The van der Waals surface area contributed by atoms with Gasteiger partial charge in [-0.3, -0.25) is 10.1 Å². The number of carbonyl (C=O) groups is 2. The summed E-state index contributed by atoms with van der Waals surface area (Å²) in [4.78, 5) is 23.7. The van der Waals surface area contributed by atoms with E-state index in [-0.39, 0.29) is 17.9 Å². The minimum Gasteiger partial charge on any atom is -0.482 e. The first-order chi connectivity index (χ1) is 13.3. The van der Waals surface area contributed by atoms with Crippen LogP contribution >= 0.6 is 0 Å². The monoisotopic (exact) mass is 382 g/mol. The maximum atomic E-state index is 11.9. The first-order valence-corrected chi connectivity index (χ1v) is 8.85. The number of ether oxygens (including phenoxy) is 2. The molecule has 0 aliphatic carbocycles. The Morgan fingerprint density at radius 2 is 1.79 bits per heavy atom. The Bertz CT molecular complexity index is 988. The van der Waals surface area contributed by atoms with E-state index in [0.29, 0.717) is 11.4 Å². The Balaban J connectivity index is 1.44. The molecule has 3 rings (SSSR count). The quantitative estimate of drug-likeness (QED) is 0.654. The molecule has 0 aliphatic rings. The molecule has 0 aliphatic heterocycles. The number of hydrogen-bond donors (Lipinski definition) is 1. The zero-order chi connectivity index (χ0) is 20.1. The van der Waals surface area contributed by atoms with E-state index in [4.69, 9.17) is 14.0 Å². The molecule has 0 unspecified atom stereocenters. The van der Waals surface area contributed by atoms with Gasteiger partial charge in [-0.2, -0.15) is 0 Å². The molecule has 0 atom stereocenters. The number of carbonyl (C=O) groups excluding carboxylic acids is 2. The van der Waals surface area contributed by atoms with Crippen molar-refractivity contribution < 1.29 is 23.6 Å². The smallest absolute Gasteiger partial charge is 0.344 e. The third-order valence-corrected chi connectivity index (χ3v) is 3.98. The molecule has 1 aromatic heterocycles. The molecule has 7 heteroatoms. The van der Waals surface area contributed by atoms with Crippen molar-refractivity contribution in [2.45, 2.75) is 26.2 Å². The molecule has 1 amide bonds. The molecule has 3 aromatic rings. The second-order valence-corrected chi connectivity index (χ2v) is 7.33. The van der Waals surface area contributed by atoms with Crippen LogP contribution in [0.2, 0.25) is 0 Å². The normalized spacial score (nSPS) is 11.2. The van der Waals surface area contributed by atoms with E-state index in [1.54, 1.807) is 12.1 Å². The maximum absolute atomic E-state index is 11.9. The topological polar surface area (TPSA) is 90.7 Å². The third-order valence-electron chi connectivity index (χ3n) is 3.98. The van der Waals surface area contributed by atoms with Crippen molar-refractivity contribution in [3.05, 3.63) is 54.2 Å². The number of amides is 1. The molecule has 7 nitrogen and oxygen atoms in total. The van der Waals surface area contributed by atoms with Crippen molar-refractivity contribution in [1.82, 2.24) is 5.16 Å². The van der Waals surface area contributed by atoms with Gasteiger partial charge in [0.15, 0.2) is 13.2 Å². The molecule has 0 saturated carbocycles. The molecule has 1 N–H and O–H groups in total. The van der Waals surface area contributed by atoms with Crippen LogP contribution in [-0.4, -0.2) is 30.2 Å². The highest BCUT2D eigenvalue weighted by Gasteiger charge is 2.20. The molecule has 0 spiro atoms. The lowest BCUT2D eigenvalue weighted by Gasteiger charge is -2.12. The summed E-state index contributed by atoms with van der Waals surface area (Å²) >= 11 is 0. The summed E-state index contributed by atoms with van der Waals surface area (Å²) in [6.07, 6.45) is 0. The molecular weight excluding hydrogens is 360 g/mol. The molecule has 0 radical (unpaired) electrons. The van der Waals surface area contributed by atoms with Crippen LogP contribution in [0.5, 0.6) is 5.75 Å². The van der Waals surface area contributed by atoms with Gasteiger partial charge >= 0.3 is 5.97 Å². The van der Waals surface area contributed by atoms with E-state index in [9.17, 15) is 9.59 Å². The second-order valence-electron chi connectivity index (χ2n) is 7.33. The van der Waals surface area contributed by atoms with Crippen LogP contribution in [-0.2, 0) is 19.7 Å². The minimum atomic E-state index is -0.642. The number of esters is 1. The number of nitrogens with zero attached hydrogens (tertiary/aromatic N) is 1. The summed E-state index contributed by atoms with van der Waals surface area (Å²) in [6, 6.07) is 15.0. The summed E-state index contributed by atoms with van der Waals surface area (Å²) in [5.74, 6) is -0.401. The molecule has 28 heavy (non-hydrogen) atoms. The summed E-state index contributed by atoms with van der Waals surface area (Å²) in [5, 5.41) is 8.49. The van der Waals surface area contributed by atoms with E-state index in [2.05, 4.69) is 10.5 Å². The van der Waals surface area contributed by atoms with Gasteiger partial charge < -0.3 is 14.0 Å². The lowest BCUT2D eigenvalue weighted by molar-refractivity contribution is -0.149. The molecular formula is C21H22N2O5. The molecule has 0 bridgehead atoms. The van der Waals surface area contributed by atoms with E-state index in [0.717, 1.165) is 10.8 Å². The van der Waals surface area contributed by atoms with Gasteiger partial charge in [0.2, 0.25) is 5.88 Å². The Labute approximate surface area is 162 Å². The first-order valence-electron chi connectivity index (χ1n) is 8.85. The van der Waals surface area contributed by atoms with Crippen LogP contribution in [0.15, 0.2) is 53.1 Å². The molecule has 146 valence electrons. The fourth-order valence-corrected chi connectivity index (χ4v) is 2.45. The van der Waals surface area contributed by atoms with Crippen molar-refractivity contribution in [2.75, 3.05) is 18.5 Å². The van der Waals surface area contributed by atoms with Crippen LogP contribution in [0.25, 0.3) is 10.8 Å². The van der Waals surface area contributed by atoms with Crippen LogP contribution in [0.3, 0.4) is 0 Å². The SMILES string of the molecule is CC(C)(C)c1cc(NC(=O)COC(=O)COc2ccc3ccccc3c2)on1. The highest BCUT2D eigenvalue weighted by molar-refractivity contribution is 5.91. The van der Waals surface area contributed by atoms with Gasteiger partial charge in [0.05, 0.1) is 5.69 Å². The lowest BCUT2D eigenvalue weighted by Crippen LogP contribution is -2.23. The summed E-state index contributed by atoms with van der Waals surface area (Å²) in [7, 11) is 0. The largest absolute Gasteiger partial charge is 0.482 e. The standard InChI is InChI=1S/C21H22N2O5/c1-21(2,3)17-11-19(28-23-17)22-18(24)12-27-20(25)13-26-16-9-8-14-6-4-5-7-15(14)10-16/h4-11H,12-13H2,1-3H3,(H,22,24). The molecule has 0 fully saturated rings. The maximum Gasteiger partial charge on any atom is 0.344 e. The van der Waals surface area contributed by atoms with Crippen molar-refractivity contribution in [3.8, 4) is 5.75 Å². The van der Waals surface area contributed by atoms with Gasteiger partial charge in [-0.15, -0.1) is 0 Å². The zero-order valence-electron chi connectivity index (χ0n) is 16.0. The van der Waals surface area contributed by atoms with Gasteiger partial charge in [0.1, 0.15) is 5.75 Å². The van der Waals surface area contributed by atoms with Gasteiger partial charge in [-0.25, -0.2) is 4.79 Å². The van der Waals surface area contributed by atoms with Crippen LogP contribution in [0.4, 0.5) is 5.88 Å². The Kier molecular flexibility index (Phi) is 5.63. The predicted molar refractivity (Wildman–Crippen MR) is 104 cm³/mol. The van der Waals surface area contributed by atoms with E-state index >= 15 is 0 Å². The van der Waals surface area contributed by atoms with Gasteiger partial charge in [0, 0.05) is 11.5 Å². The average molecular weight is 382 g/mol. The summed E-state index contributed by atoms with van der Waals surface area (Å²) in [6.45, 7) is 5.21. The Morgan fingerprint density at radius 1 is 1.04 bits per heavy atom. The number of fused-ring (bicyclic) bond motifs is 1. The summed E-state index contributed by atoms with van der Waals surface area (Å²) < 4.78 is 15.4. The molecule has 0 saturated heterocycles. The van der Waals surface area contributed by atoms with Crippen molar-refractivity contribution >= 4 is 28.5 Å². The van der Waals surface area contributed by atoms with Crippen molar-refractivity contribution in [2.24, 2.45) is 0 Å². The number of hydrogen-bond acceptors (Lipinski definition) is 6. The highest BCUT2D eigenvalue weighted by Crippen LogP contribution is 2.23. The van der Waals surface area contributed by atoms with Crippen molar-refractivity contribution in [3.63, 3.8) is 0 Å². The van der Waals surface area contributed by atoms with Crippen LogP contribution in [0.1, 0.15) is 26.5 Å². The Morgan fingerprint density at radius 3 is 2.50 bits per heavy atom. The second kappa shape index (κ2) is 8.12. The molecule has 2 aromatic carbocycles. The van der Waals surface area contributed by atoms with E-state index in [1.807, 2.05) is 57.2 Å². The Hall–Kier alpha value is -3.35. The number of aromatic nitrogens is 1. The fourth-order valence-electron chi connectivity index (χ4n) is 2.45. The third kappa shape index (κ3) is 5.09. The number of benzene rings is 2. The van der Waals surface area contributed by atoms with E-state index in [1.165, 1.54) is 0 Å². The van der Waals surface area contributed by atoms with Gasteiger partial charge in [0.25, 0.3) is 5.91 Å². The predicted octanol–water partition coefficient (Wildman–Crippen LogP) is 3.69. The van der Waals surface area contributed by atoms with Crippen LogP contribution in [0, 0.1) is 0 Å². The van der Waals surface area contributed by atoms with Gasteiger partial charge in [-0.05, 0) is 22.9 Å². The lowest BCUT2D eigenvalue weighted by atomic mass is 9.92. The average Bonchev–Trinajstić information content (AvgIpc) is 3.13. The number of anilines is 1. The van der Waals surface area contributed by atoms with Gasteiger partial charge in [-0.1, -0.05) is 56.3 Å². The zero-order valence-corrected chi connectivity index (χ0v) is 16.0.